The van der Waals surface area contributed by atoms with Crippen LogP contribution in [-0.4, -0.2) is 46.7 Å². The standard InChI is InChI=1S/C22H32N4O4S/c1-6-26-14-17(20(25-26)21(27)30-15(4)5)24-22(31)23-12-11-16-9-10-18(28-7-2)19(13-16)29-8-3/h9-10,13-15H,6-8,11-12H2,1-5H3,(H2,23,24,31). The second-order valence-corrected chi connectivity index (χ2v) is 7.39. The van der Waals surface area contributed by atoms with Gasteiger partial charge < -0.3 is 24.8 Å². The topological polar surface area (TPSA) is 86.6 Å². The van der Waals surface area contributed by atoms with Crippen LogP contribution in [0.25, 0.3) is 0 Å². The molecule has 0 aliphatic carbocycles. The zero-order chi connectivity index (χ0) is 22.8. The van der Waals surface area contributed by atoms with Gasteiger partial charge in [-0.1, -0.05) is 6.07 Å². The van der Waals surface area contributed by atoms with E-state index in [4.69, 9.17) is 26.4 Å². The number of carbonyl (C=O) groups excluding carboxylic acids is 1. The average Bonchev–Trinajstić information content (AvgIpc) is 3.12. The van der Waals surface area contributed by atoms with Crippen LogP contribution in [0.1, 0.15) is 50.7 Å². The van der Waals surface area contributed by atoms with Gasteiger partial charge in [0.25, 0.3) is 0 Å². The van der Waals surface area contributed by atoms with E-state index in [-0.39, 0.29) is 11.8 Å². The van der Waals surface area contributed by atoms with Crippen LogP contribution in [0.15, 0.2) is 24.4 Å². The molecule has 1 heterocycles. The van der Waals surface area contributed by atoms with Gasteiger partial charge in [0, 0.05) is 19.3 Å². The van der Waals surface area contributed by atoms with E-state index < -0.39 is 5.97 Å². The number of nitrogens with one attached hydrogen (secondary N) is 2. The zero-order valence-electron chi connectivity index (χ0n) is 18.9. The highest BCUT2D eigenvalue weighted by Crippen LogP contribution is 2.28. The first-order valence-electron chi connectivity index (χ1n) is 10.6. The molecule has 0 fully saturated rings. The number of aryl methyl sites for hydroxylation is 1. The lowest BCUT2D eigenvalue weighted by Gasteiger charge is -2.13. The summed E-state index contributed by atoms with van der Waals surface area (Å²) in [6.45, 7) is 11.8. The minimum Gasteiger partial charge on any atom is -0.490 e. The van der Waals surface area contributed by atoms with Crippen LogP contribution in [0.4, 0.5) is 5.69 Å². The van der Waals surface area contributed by atoms with Crippen LogP contribution >= 0.6 is 12.2 Å². The normalized spacial score (nSPS) is 10.6. The van der Waals surface area contributed by atoms with Crippen molar-refractivity contribution in [3.63, 3.8) is 0 Å². The van der Waals surface area contributed by atoms with Crippen LogP contribution in [0, 0.1) is 0 Å². The maximum Gasteiger partial charge on any atom is 0.361 e. The number of anilines is 1. The van der Waals surface area contributed by atoms with E-state index in [9.17, 15) is 4.79 Å². The SMILES string of the molecule is CCOc1ccc(CCNC(=S)Nc2cn(CC)nc2C(=O)OC(C)C)cc1OCC. The molecule has 0 atom stereocenters. The first-order chi connectivity index (χ1) is 14.9. The first kappa shape index (κ1) is 24.5. The summed E-state index contributed by atoms with van der Waals surface area (Å²) in [5.74, 6) is 1.00. The van der Waals surface area contributed by atoms with Gasteiger partial charge in [-0.15, -0.1) is 0 Å². The van der Waals surface area contributed by atoms with Gasteiger partial charge in [-0.2, -0.15) is 5.10 Å². The molecule has 0 radical (unpaired) electrons. The predicted molar refractivity (Wildman–Crippen MR) is 125 cm³/mol. The molecule has 31 heavy (non-hydrogen) atoms. The Morgan fingerprint density at radius 1 is 1.16 bits per heavy atom. The van der Waals surface area contributed by atoms with E-state index in [1.807, 2.05) is 39.0 Å². The van der Waals surface area contributed by atoms with Crippen LogP contribution in [-0.2, 0) is 17.7 Å². The molecule has 0 bridgehead atoms. The zero-order valence-corrected chi connectivity index (χ0v) is 19.7. The monoisotopic (exact) mass is 448 g/mol. The van der Waals surface area contributed by atoms with Crippen molar-refractivity contribution < 1.29 is 19.0 Å². The maximum absolute atomic E-state index is 12.3. The van der Waals surface area contributed by atoms with Crippen molar-refractivity contribution in [2.45, 2.75) is 53.7 Å². The number of ether oxygens (including phenoxy) is 3. The van der Waals surface area contributed by atoms with E-state index in [2.05, 4.69) is 15.7 Å². The summed E-state index contributed by atoms with van der Waals surface area (Å²) < 4.78 is 18.2. The molecule has 9 heteroatoms. The highest BCUT2D eigenvalue weighted by Gasteiger charge is 2.20. The maximum atomic E-state index is 12.3. The molecule has 8 nitrogen and oxygen atoms in total. The fraction of sp³-hybridized carbons (Fsp3) is 0.500. The molecule has 0 saturated carbocycles. The summed E-state index contributed by atoms with van der Waals surface area (Å²) in [6.07, 6.45) is 2.25. The minimum atomic E-state index is -0.481. The Balaban J connectivity index is 1.96. The van der Waals surface area contributed by atoms with Gasteiger partial charge >= 0.3 is 5.97 Å². The fourth-order valence-electron chi connectivity index (χ4n) is 2.83. The smallest absolute Gasteiger partial charge is 0.361 e. The van der Waals surface area contributed by atoms with Crippen LogP contribution in [0.5, 0.6) is 11.5 Å². The second kappa shape index (κ2) is 12.1. The molecular formula is C22H32N4O4S. The van der Waals surface area contributed by atoms with Gasteiger partial charge in [-0.3, -0.25) is 4.68 Å². The van der Waals surface area contributed by atoms with Crippen LogP contribution in [0.3, 0.4) is 0 Å². The van der Waals surface area contributed by atoms with E-state index in [0.29, 0.717) is 37.1 Å². The molecule has 0 saturated heterocycles. The van der Waals surface area contributed by atoms with E-state index in [0.717, 1.165) is 23.5 Å². The van der Waals surface area contributed by atoms with Gasteiger partial charge in [0.05, 0.1) is 25.0 Å². The summed E-state index contributed by atoms with van der Waals surface area (Å²) in [7, 11) is 0. The summed E-state index contributed by atoms with van der Waals surface area (Å²) in [6, 6.07) is 5.92. The first-order valence-corrected chi connectivity index (χ1v) is 11.0. The summed E-state index contributed by atoms with van der Waals surface area (Å²) >= 11 is 5.40. The number of hydrogen-bond acceptors (Lipinski definition) is 6. The number of carbonyl (C=O) groups is 1. The van der Waals surface area contributed by atoms with Gasteiger partial charge in [0.1, 0.15) is 0 Å². The molecule has 1 aromatic heterocycles. The summed E-state index contributed by atoms with van der Waals surface area (Å²) in [5, 5.41) is 10.9. The number of hydrogen-bond donors (Lipinski definition) is 2. The molecule has 2 rings (SSSR count). The number of aromatic nitrogens is 2. The molecular weight excluding hydrogens is 416 g/mol. The lowest BCUT2D eigenvalue weighted by atomic mass is 10.1. The largest absolute Gasteiger partial charge is 0.490 e. The molecule has 0 amide bonds. The Morgan fingerprint density at radius 2 is 1.87 bits per heavy atom. The molecule has 0 aliphatic rings. The Bertz CT molecular complexity index is 882. The van der Waals surface area contributed by atoms with E-state index in [1.54, 1.807) is 24.7 Å². The number of thiocarbonyl (C=S) groups is 1. The highest BCUT2D eigenvalue weighted by atomic mass is 32.1. The predicted octanol–water partition coefficient (Wildman–Crippen LogP) is 3.79. The Hall–Kier alpha value is -2.81. The van der Waals surface area contributed by atoms with Crippen molar-refractivity contribution in [2.24, 2.45) is 0 Å². The third kappa shape index (κ3) is 7.43. The quantitative estimate of drug-likeness (QED) is 0.397. The third-order valence-corrected chi connectivity index (χ3v) is 4.42. The van der Waals surface area contributed by atoms with Crippen molar-refractivity contribution in [2.75, 3.05) is 25.1 Å². The fourth-order valence-corrected chi connectivity index (χ4v) is 3.05. The van der Waals surface area contributed by atoms with Gasteiger partial charge in [0.15, 0.2) is 22.3 Å². The molecule has 170 valence electrons. The number of benzene rings is 1. The number of rotatable bonds is 11. The average molecular weight is 449 g/mol. The van der Waals surface area contributed by atoms with E-state index >= 15 is 0 Å². The summed E-state index contributed by atoms with van der Waals surface area (Å²) in [5.41, 5.74) is 1.83. The van der Waals surface area contributed by atoms with Gasteiger partial charge in [-0.05, 0) is 71.0 Å². The highest BCUT2D eigenvalue weighted by molar-refractivity contribution is 7.80. The second-order valence-electron chi connectivity index (χ2n) is 6.98. The van der Waals surface area contributed by atoms with Crippen molar-refractivity contribution in [1.82, 2.24) is 15.1 Å². The van der Waals surface area contributed by atoms with Crippen molar-refractivity contribution in [1.29, 1.82) is 0 Å². The lowest BCUT2D eigenvalue weighted by Crippen LogP contribution is -2.30. The molecule has 1 aromatic carbocycles. The molecule has 2 aromatic rings. The van der Waals surface area contributed by atoms with Crippen LogP contribution in [0.2, 0.25) is 0 Å². The molecule has 0 aliphatic heterocycles. The van der Waals surface area contributed by atoms with Gasteiger partial charge in [0.2, 0.25) is 0 Å². The molecule has 2 N–H and O–H groups in total. The van der Waals surface area contributed by atoms with Crippen LogP contribution < -0.4 is 20.1 Å². The third-order valence-electron chi connectivity index (χ3n) is 4.18. The molecule has 0 spiro atoms. The number of esters is 1. The van der Waals surface area contributed by atoms with Crippen molar-refractivity contribution >= 4 is 29.0 Å². The van der Waals surface area contributed by atoms with Crippen molar-refractivity contribution in [3.8, 4) is 11.5 Å². The lowest BCUT2D eigenvalue weighted by molar-refractivity contribution is 0.0371. The number of nitrogens with zero attached hydrogens (tertiary/aromatic N) is 2. The Kier molecular flexibility index (Phi) is 9.58. The molecule has 0 unspecified atom stereocenters. The minimum absolute atomic E-state index is 0.215. The Morgan fingerprint density at radius 3 is 2.52 bits per heavy atom. The Labute approximate surface area is 189 Å². The van der Waals surface area contributed by atoms with Crippen molar-refractivity contribution in [3.05, 3.63) is 35.7 Å². The summed E-state index contributed by atoms with van der Waals surface area (Å²) in [4.78, 5) is 12.3. The van der Waals surface area contributed by atoms with E-state index in [1.165, 1.54) is 0 Å². The van der Waals surface area contributed by atoms with Gasteiger partial charge in [-0.25, -0.2) is 4.79 Å².